The summed E-state index contributed by atoms with van der Waals surface area (Å²) in [6.07, 6.45) is 14.1. The van der Waals surface area contributed by atoms with Crippen LogP contribution in [0.5, 0.6) is 0 Å². The fourth-order valence-electron chi connectivity index (χ4n) is 8.11. The smallest absolute Gasteiger partial charge is 0.242 e. The lowest BCUT2D eigenvalue weighted by molar-refractivity contribution is -0.276. The number of hydrogen-bond donors (Lipinski definition) is 3. The SMILES string of the molecule is CCCCCCCCN(CCCCCCCC)CC1OC(c2cccc(NC(=O)C(Cc3ccccc3)NS(=O)(=O)c3ccc(C)cc3)c2)OC(c2ccc(CO)cc2)C1C. The summed E-state index contributed by atoms with van der Waals surface area (Å²) >= 11 is 0. The van der Waals surface area contributed by atoms with E-state index >= 15 is 0 Å². The molecule has 4 aromatic carbocycles. The van der Waals surface area contributed by atoms with Crippen LogP contribution in [0, 0.1) is 12.8 Å². The van der Waals surface area contributed by atoms with Gasteiger partial charge in [0, 0.05) is 23.7 Å². The van der Waals surface area contributed by atoms with Crippen LogP contribution in [0.15, 0.2) is 108 Å². The van der Waals surface area contributed by atoms with Crippen molar-refractivity contribution in [1.29, 1.82) is 0 Å². The molecule has 61 heavy (non-hydrogen) atoms. The fraction of sp³-hybridized carbons (Fsp3) is 0.510. The van der Waals surface area contributed by atoms with Gasteiger partial charge in [0.05, 0.1) is 23.7 Å². The number of rotatable bonds is 26. The predicted molar refractivity (Wildman–Crippen MR) is 247 cm³/mol. The number of aryl methyl sites for hydroxylation is 1. The molecule has 1 heterocycles. The lowest BCUT2D eigenvalue weighted by Gasteiger charge is -2.43. The molecule has 5 rings (SSSR count). The first kappa shape index (κ1) is 48.1. The minimum Gasteiger partial charge on any atom is -0.392 e. The predicted octanol–water partition coefficient (Wildman–Crippen LogP) is 10.8. The van der Waals surface area contributed by atoms with Gasteiger partial charge in [0.1, 0.15) is 6.04 Å². The summed E-state index contributed by atoms with van der Waals surface area (Å²) in [6, 6.07) is 30.3. The number of anilines is 1. The Hall–Kier alpha value is -3.90. The van der Waals surface area contributed by atoms with Crippen molar-refractivity contribution in [3.8, 4) is 0 Å². The number of amides is 1. The van der Waals surface area contributed by atoms with E-state index in [1.54, 1.807) is 30.3 Å². The minimum absolute atomic E-state index is 0.0281. The van der Waals surface area contributed by atoms with Crippen molar-refractivity contribution in [1.82, 2.24) is 9.62 Å². The number of benzene rings is 4. The number of carbonyl (C=O) groups excluding carboxylic acids is 1. The molecule has 9 nitrogen and oxygen atoms in total. The number of carbonyl (C=O) groups is 1. The van der Waals surface area contributed by atoms with Crippen LogP contribution in [0.1, 0.15) is 138 Å². The summed E-state index contributed by atoms with van der Waals surface area (Å²) in [5.41, 5.74) is 4.89. The second-order valence-corrected chi connectivity index (χ2v) is 18.7. The molecular formula is C51H71N3O6S. The van der Waals surface area contributed by atoms with E-state index in [4.69, 9.17) is 9.47 Å². The summed E-state index contributed by atoms with van der Waals surface area (Å²) < 4.78 is 43.6. The molecule has 1 aliphatic rings. The summed E-state index contributed by atoms with van der Waals surface area (Å²) in [5, 5.41) is 12.8. The maximum atomic E-state index is 14.1. The van der Waals surface area contributed by atoms with E-state index in [0.29, 0.717) is 5.69 Å². The Labute approximate surface area is 366 Å². The van der Waals surface area contributed by atoms with Crippen molar-refractivity contribution < 1.29 is 27.8 Å². The largest absolute Gasteiger partial charge is 0.392 e. The number of unbranched alkanes of at least 4 members (excludes halogenated alkanes) is 10. The molecule has 332 valence electrons. The second-order valence-electron chi connectivity index (χ2n) is 16.9. The van der Waals surface area contributed by atoms with E-state index in [1.165, 1.54) is 77.0 Å². The van der Waals surface area contributed by atoms with Gasteiger partial charge in [0.25, 0.3) is 0 Å². The van der Waals surface area contributed by atoms with Crippen LogP contribution >= 0.6 is 0 Å². The maximum Gasteiger partial charge on any atom is 0.242 e. The van der Waals surface area contributed by atoms with E-state index in [-0.39, 0.29) is 36.0 Å². The topological polar surface area (TPSA) is 117 Å². The van der Waals surface area contributed by atoms with Crippen LogP contribution in [0.3, 0.4) is 0 Å². The summed E-state index contributed by atoms with van der Waals surface area (Å²) in [4.78, 5) is 16.8. The van der Waals surface area contributed by atoms with Crippen molar-refractivity contribution in [3.05, 3.63) is 131 Å². The Balaban J connectivity index is 1.37. The highest BCUT2D eigenvalue weighted by Gasteiger charge is 2.39. The maximum absolute atomic E-state index is 14.1. The molecular weight excluding hydrogens is 783 g/mol. The Morgan fingerprint density at radius 2 is 1.34 bits per heavy atom. The first-order valence-electron chi connectivity index (χ1n) is 22.9. The average Bonchev–Trinajstić information content (AvgIpc) is 3.27. The molecule has 4 aromatic rings. The first-order valence-corrected chi connectivity index (χ1v) is 24.3. The normalized spacial score (nSPS) is 18.6. The third kappa shape index (κ3) is 15.4. The molecule has 10 heteroatoms. The van der Waals surface area contributed by atoms with Gasteiger partial charge >= 0.3 is 0 Å². The van der Waals surface area contributed by atoms with Gasteiger partial charge in [-0.1, -0.05) is 169 Å². The molecule has 0 saturated carbocycles. The molecule has 0 aliphatic carbocycles. The van der Waals surface area contributed by atoms with Gasteiger partial charge < -0.3 is 24.8 Å². The van der Waals surface area contributed by atoms with Crippen molar-refractivity contribution >= 4 is 21.6 Å². The van der Waals surface area contributed by atoms with Gasteiger partial charge in [-0.3, -0.25) is 4.79 Å². The number of ether oxygens (including phenoxy) is 2. The minimum atomic E-state index is -4.01. The van der Waals surface area contributed by atoms with E-state index in [0.717, 1.165) is 47.5 Å². The molecule has 5 atom stereocenters. The number of aliphatic hydroxyl groups excluding tert-OH is 1. The lowest BCUT2D eigenvalue weighted by atomic mass is 9.90. The highest BCUT2D eigenvalue weighted by molar-refractivity contribution is 7.89. The molecule has 1 saturated heterocycles. The molecule has 0 bridgehead atoms. The van der Waals surface area contributed by atoms with Crippen molar-refractivity contribution in [2.75, 3.05) is 25.0 Å². The third-order valence-electron chi connectivity index (χ3n) is 11.9. The van der Waals surface area contributed by atoms with Crippen molar-refractivity contribution in [3.63, 3.8) is 0 Å². The van der Waals surface area contributed by atoms with Gasteiger partial charge in [0.15, 0.2) is 6.29 Å². The van der Waals surface area contributed by atoms with E-state index in [1.807, 2.05) is 79.7 Å². The number of aliphatic hydroxyl groups is 1. The zero-order chi connectivity index (χ0) is 43.5. The van der Waals surface area contributed by atoms with Crippen LogP contribution in [-0.2, 0) is 37.3 Å². The molecule has 0 spiro atoms. The molecule has 1 amide bonds. The lowest BCUT2D eigenvalue weighted by Crippen LogP contribution is -2.45. The Morgan fingerprint density at radius 3 is 1.97 bits per heavy atom. The second kappa shape index (κ2) is 25.3. The Morgan fingerprint density at radius 1 is 0.721 bits per heavy atom. The molecule has 1 aliphatic heterocycles. The monoisotopic (exact) mass is 854 g/mol. The standard InChI is InChI=1S/C51H71N3O6S/c1-5-7-9-11-13-18-33-54(34-19-14-12-10-8-6-2)37-48-40(4)49(43-29-27-42(38-55)28-30-43)60-51(59-48)44-23-20-24-45(36-44)52-50(56)47(35-41-21-16-15-17-22-41)53-61(57,58)46-31-25-39(3)26-32-46/h15-17,20-32,36,40,47-49,51,53,55H,5-14,18-19,33-35,37-38H2,1-4H3,(H,52,56). The van der Waals surface area contributed by atoms with Gasteiger partial charge in [0.2, 0.25) is 15.9 Å². The fourth-order valence-corrected chi connectivity index (χ4v) is 9.31. The Kier molecular flexibility index (Phi) is 19.9. The molecule has 3 N–H and O–H groups in total. The van der Waals surface area contributed by atoms with Gasteiger partial charge in [-0.25, -0.2) is 8.42 Å². The van der Waals surface area contributed by atoms with Crippen LogP contribution < -0.4 is 10.0 Å². The first-order chi connectivity index (χ1) is 29.6. The average molecular weight is 854 g/mol. The molecule has 0 radical (unpaired) electrons. The highest BCUT2D eigenvalue weighted by Crippen LogP contribution is 2.42. The van der Waals surface area contributed by atoms with Crippen molar-refractivity contribution in [2.45, 2.75) is 147 Å². The number of nitrogens with one attached hydrogen (secondary N) is 2. The third-order valence-corrected chi connectivity index (χ3v) is 13.4. The summed E-state index contributed by atoms with van der Waals surface area (Å²) in [7, 11) is -4.01. The summed E-state index contributed by atoms with van der Waals surface area (Å²) in [5.74, 6) is -0.438. The van der Waals surface area contributed by atoms with Gasteiger partial charge in [-0.2, -0.15) is 4.72 Å². The van der Waals surface area contributed by atoms with E-state index in [9.17, 15) is 18.3 Å². The molecule has 5 unspecified atom stereocenters. The Bertz CT molecular complexity index is 1960. The van der Waals surface area contributed by atoms with Crippen LogP contribution in [0.4, 0.5) is 5.69 Å². The summed E-state index contributed by atoms with van der Waals surface area (Å²) in [6.45, 7) is 11.5. The van der Waals surface area contributed by atoms with E-state index in [2.05, 4.69) is 35.7 Å². The van der Waals surface area contributed by atoms with Crippen LogP contribution in [0.2, 0.25) is 0 Å². The van der Waals surface area contributed by atoms with Gasteiger partial charge in [-0.05, 0) is 80.2 Å². The molecule has 0 aromatic heterocycles. The van der Waals surface area contributed by atoms with Crippen LogP contribution in [0.25, 0.3) is 0 Å². The van der Waals surface area contributed by atoms with E-state index < -0.39 is 28.3 Å². The number of sulfonamides is 1. The van der Waals surface area contributed by atoms with Crippen molar-refractivity contribution in [2.24, 2.45) is 5.92 Å². The number of hydrogen-bond acceptors (Lipinski definition) is 7. The molecule has 1 fully saturated rings. The number of nitrogens with zero attached hydrogens (tertiary/aromatic N) is 1. The zero-order valence-electron chi connectivity index (χ0n) is 37.1. The highest BCUT2D eigenvalue weighted by atomic mass is 32.2. The quantitative estimate of drug-likeness (QED) is 0.0539. The van der Waals surface area contributed by atoms with Crippen LogP contribution in [-0.4, -0.2) is 56.1 Å². The zero-order valence-corrected chi connectivity index (χ0v) is 37.9. The van der Waals surface area contributed by atoms with Gasteiger partial charge in [-0.15, -0.1) is 0 Å².